The number of hydrogen-bond donors (Lipinski definition) is 1. The summed E-state index contributed by atoms with van der Waals surface area (Å²) in [5.74, 6) is 1.11. The number of amides is 1. The predicted molar refractivity (Wildman–Crippen MR) is 91.0 cm³/mol. The number of aryl methyl sites for hydroxylation is 1. The standard InChI is InChI=1S/C19H23NO3/c1-3-22-17-10-6-7-11-18(17)23-14-19(21)20-13-12-16-9-5-4-8-15(16)2/h4-11H,3,12-14H2,1-2H3,(H,20,21). The number of carbonyl (C=O) groups is 1. The Bertz CT molecular complexity index is 640. The van der Waals surface area contributed by atoms with Gasteiger partial charge in [-0.3, -0.25) is 4.79 Å². The topological polar surface area (TPSA) is 47.6 Å². The smallest absolute Gasteiger partial charge is 0.257 e. The molecule has 0 aliphatic heterocycles. The maximum atomic E-state index is 11.9. The number of nitrogens with one attached hydrogen (secondary N) is 1. The molecule has 0 spiro atoms. The fourth-order valence-electron chi connectivity index (χ4n) is 2.27. The largest absolute Gasteiger partial charge is 0.490 e. The molecule has 1 N–H and O–H groups in total. The first kappa shape index (κ1) is 16.9. The summed E-state index contributed by atoms with van der Waals surface area (Å²) < 4.78 is 11.0. The molecule has 0 bridgehead atoms. The van der Waals surface area contributed by atoms with E-state index in [1.807, 2.05) is 37.3 Å². The van der Waals surface area contributed by atoms with Crippen molar-refractivity contribution >= 4 is 5.91 Å². The molecule has 2 aromatic rings. The summed E-state index contributed by atoms with van der Waals surface area (Å²) in [4.78, 5) is 11.9. The number of rotatable bonds is 8. The van der Waals surface area contributed by atoms with Gasteiger partial charge in [-0.2, -0.15) is 0 Å². The van der Waals surface area contributed by atoms with Crippen molar-refractivity contribution < 1.29 is 14.3 Å². The number of carbonyl (C=O) groups excluding carboxylic acids is 1. The van der Waals surface area contributed by atoms with E-state index in [4.69, 9.17) is 9.47 Å². The van der Waals surface area contributed by atoms with Gasteiger partial charge < -0.3 is 14.8 Å². The van der Waals surface area contributed by atoms with Gasteiger partial charge in [0.1, 0.15) is 0 Å². The zero-order valence-electron chi connectivity index (χ0n) is 13.7. The van der Waals surface area contributed by atoms with Crippen LogP contribution in [0.3, 0.4) is 0 Å². The Hall–Kier alpha value is -2.49. The predicted octanol–water partition coefficient (Wildman–Crippen LogP) is 3.13. The second-order valence-corrected chi connectivity index (χ2v) is 5.19. The monoisotopic (exact) mass is 313 g/mol. The Morgan fingerprint density at radius 3 is 2.35 bits per heavy atom. The molecule has 0 aliphatic carbocycles. The van der Waals surface area contributed by atoms with Gasteiger partial charge >= 0.3 is 0 Å². The molecule has 2 rings (SSSR count). The molecule has 122 valence electrons. The first-order valence-corrected chi connectivity index (χ1v) is 7.86. The molecule has 0 fully saturated rings. The Kier molecular flexibility index (Phi) is 6.48. The van der Waals surface area contributed by atoms with E-state index in [0.29, 0.717) is 24.7 Å². The van der Waals surface area contributed by atoms with Crippen LogP contribution < -0.4 is 14.8 Å². The van der Waals surface area contributed by atoms with E-state index in [0.717, 1.165) is 6.42 Å². The fraction of sp³-hybridized carbons (Fsp3) is 0.316. The normalized spacial score (nSPS) is 10.2. The van der Waals surface area contributed by atoms with Gasteiger partial charge in [0.15, 0.2) is 18.1 Å². The van der Waals surface area contributed by atoms with E-state index < -0.39 is 0 Å². The second-order valence-electron chi connectivity index (χ2n) is 5.19. The van der Waals surface area contributed by atoms with Gasteiger partial charge in [-0.1, -0.05) is 36.4 Å². The van der Waals surface area contributed by atoms with Gasteiger partial charge in [-0.25, -0.2) is 0 Å². The molecule has 23 heavy (non-hydrogen) atoms. The highest BCUT2D eigenvalue weighted by molar-refractivity contribution is 5.77. The van der Waals surface area contributed by atoms with E-state index in [1.165, 1.54) is 11.1 Å². The van der Waals surface area contributed by atoms with E-state index in [2.05, 4.69) is 24.4 Å². The summed E-state index contributed by atoms with van der Waals surface area (Å²) in [6.45, 7) is 5.13. The van der Waals surface area contributed by atoms with Gasteiger partial charge in [0.25, 0.3) is 5.91 Å². The van der Waals surface area contributed by atoms with Gasteiger partial charge in [-0.15, -0.1) is 0 Å². The summed E-state index contributed by atoms with van der Waals surface area (Å²) in [7, 11) is 0. The van der Waals surface area contributed by atoms with Crippen LogP contribution >= 0.6 is 0 Å². The molecule has 0 aliphatic rings. The van der Waals surface area contributed by atoms with Crippen molar-refractivity contribution in [1.29, 1.82) is 0 Å². The molecule has 0 saturated heterocycles. The Labute approximate surface area is 137 Å². The average molecular weight is 313 g/mol. The van der Waals surface area contributed by atoms with Crippen molar-refractivity contribution in [2.75, 3.05) is 19.8 Å². The summed E-state index contributed by atoms with van der Waals surface area (Å²) in [5, 5.41) is 2.88. The van der Waals surface area contributed by atoms with Crippen LogP contribution in [0.25, 0.3) is 0 Å². The lowest BCUT2D eigenvalue weighted by Gasteiger charge is -2.12. The Morgan fingerprint density at radius 1 is 1.00 bits per heavy atom. The summed E-state index contributed by atoms with van der Waals surface area (Å²) in [5.41, 5.74) is 2.49. The van der Waals surface area contributed by atoms with E-state index >= 15 is 0 Å². The summed E-state index contributed by atoms with van der Waals surface area (Å²) >= 11 is 0. The first-order chi connectivity index (χ1) is 11.2. The minimum atomic E-state index is -0.134. The highest BCUT2D eigenvalue weighted by Gasteiger charge is 2.07. The van der Waals surface area contributed by atoms with Crippen LogP contribution in [0, 0.1) is 6.92 Å². The van der Waals surface area contributed by atoms with Crippen LogP contribution in [0.15, 0.2) is 48.5 Å². The van der Waals surface area contributed by atoms with Gasteiger partial charge in [0, 0.05) is 6.54 Å². The molecule has 0 unspecified atom stereocenters. The minimum Gasteiger partial charge on any atom is -0.490 e. The van der Waals surface area contributed by atoms with E-state index in [9.17, 15) is 4.79 Å². The molecular formula is C19H23NO3. The summed E-state index contributed by atoms with van der Waals surface area (Å²) in [6, 6.07) is 15.5. The van der Waals surface area contributed by atoms with Crippen LogP contribution in [-0.2, 0) is 11.2 Å². The number of benzene rings is 2. The maximum Gasteiger partial charge on any atom is 0.257 e. The lowest BCUT2D eigenvalue weighted by molar-refractivity contribution is -0.123. The highest BCUT2D eigenvalue weighted by atomic mass is 16.5. The van der Waals surface area contributed by atoms with Crippen molar-refractivity contribution in [1.82, 2.24) is 5.32 Å². The lowest BCUT2D eigenvalue weighted by atomic mass is 10.1. The maximum absolute atomic E-state index is 11.9. The molecular weight excluding hydrogens is 290 g/mol. The molecule has 0 aromatic heterocycles. The number of hydrogen-bond acceptors (Lipinski definition) is 3. The van der Waals surface area contributed by atoms with Crippen LogP contribution in [-0.4, -0.2) is 25.7 Å². The van der Waals surface area contributed by atoms with Crippen molar-refractivity contribution in [3.05, 3.63) is 59.7 Å². The molecule has 0 heterocycles. The third kappa shape index (κ3) is 5.33. The van der Waals surface area contributed by atoms with Crippen LogP contribution in [0.2, 0.25) is 0 Å². The van der Waals surface area contributed by atoms with Gasteiger partial charge in [0.2, 0.25) is 0 Å². The zero-order chi connectivity index (χ0) is 16.5. The van der Waals surface area contributed by atoms with Crippen molar-refractivity contribution in [3.63, 3.8) is 0 Å². The minimum absolute atomic E-state index is 0.0160. The van der Waals surface area contributed by atoms with Crippen molar-refractivity contribution in [2.24, 2.45) is 0 Å². The number of ether oxygens (including phenoxy) is 2. The molecule has 4 heteroatoms. The lowest BCUT2D eigenvalue weighted by Crippen LogP contribution is -2.30. The zero-order valence-corrected chi connectivity index (χ0v) is 13.7. The quantitative estimate of drug-likeness (QED) is 0.814. The molecule has 2 aromatic carbocycles. The van der Waals surface area contributed by atoms with E-state index in [1.54, 1.807) is 6.07 Å². The molecule has 0 atom stereocenters. The Morgan fingerprint density at radius 2 is 1.65 bits per heavy atom. The van der Waals surface area contributed by atoms with Crippen molar-refractivity contribution in [3.8, 4) is 11.5 Å². The van der Waals surface area contributed by atoms with Crippen molar-refractivity contribution in [2.45, 2.75) is 20.3 Å². The molecule has 0 radical (unpaired) electrons. The first-order valence-electron chi connectivity index (χ1n) is 7.86. The van der Waals surface area contributed by atoms with Crippen LogP contribution in [0.4, 0.5) is 0 Å². The fourth-order valence-corrected chi connectivity index (χ4v) is 2.27. The van der Waals surface area contributed by atoms with Crippen LogP contribution in [0.1, 0.15) is 18.1 Å². The third-order valence-electron chi connectivity index (χ3n) is 3.49. The van der Waals surface area contributed by atoms with Gasteiger partial charge in [0.05, 0.1) is 6.61 Å². The van der Waals surface area contributed by atoms with E-state index in [-0.39, 0.29) is 12.5 Å². The number of para-hydroxylation sites is 2. The third-order valence-corrected chi connectivity index (χ3v) is 3.49. The average Bonchev–Trinajstić information content (AvgIpc) is 2.56. The molecule has 4 nitrogen and oxygen atoms in total. The summed E-state index contributed by atoms with van der Waals surface area (Å²) in [6.07, 6.45) is 0.813. The highest BCUT2D eigenvalue weighted by Crippen LogP contribution is 2.26. The van der Waals surface area contributed by atoms with Crippen LogP contribution in [0.5, 0.6) is 11.5 Å². The Balaban J connectivity index is 1.76. The molecule has 0 saturated carbocycles. The van der Waals surface area contributed by atoms with Gasteiger partial charge in [-0.05, 0) is 43.5 Å². The SMILES string of the molecule is CCOc1ccccc1OCC(=O)NCCc1ccccc1C. The molecule has 1 amide bonds. The second kappa shape index (κ2) is 8.83.